The number of hydrogen-bond acceptors (Lipinski definition) is 5. The molecule has 0 amide bonds. The minimum Gasteiger partial charge on any atom is -0.493 e. The maximum absolute atomic E-state index is 12.5. The standard InChI is InChI=1S/C28H26INO4/c1-18(2)21-9-11-22(12-10-21)27-30-24(28(31)34-27)16-20-15-23(29)26(25(17-20)32-3)33-14-13-19-7-5-4-6-8-19/h4-12,15-18H,13-14H2,1-3H3/b24-16-. The summed E-state index contributed by atoms with van der Waals surface area (Å²) in [7, 11) is 1.60. The van der Waals surface area contributed by atoms with Crippen molar-refractivity contribution in [2.24, 2.45) is 4.99 Å². The number of rotatable bonds is 8. The second-order valence-corrected chi connectivity index (χ2v) is 9.39. The summed E-state index contributed by atoms with van der Waals surface area (Å²) >= 11 is 2.22. The first-order valence-corrected chi connectivity index (χ1v) is 12.2. The fraction of sp³-hybridized carbons (Fsp3) is 0.214. The first-order chi connectivity index (χ1) is 16.4. The summed E-state index contributed by atoms with van der Waals surface area (Å²) in [6.07, 6.45) is 2.50. The smallest absolute Gasteiger partial charge is 0.363 e. The van der Waals surface area contributed by atoms with Crippen LogP contribution in [0.15, 0.2) is 77.4 Å². The molecule has 1 aliphatic heterocycles. The SMILES string of the molecule is COc1cc(/C=C2\N=C(c3ccc(C(C)C)cc3)OC2=O)cc(I)c1OCCc1ccccc1. The molecule has 1 heterocycles. The molecule has 3 aromatic rings. The molecular formula is C28H26INO4. The lowest BCUT2D eigenvalue weighted by molar-refractivity contribution is -0.129. The van der Waals surface area contributed by atoms with E-state index < -0.39 is 5.97 Å². The third-order valence-corrected chi connectivity index (χ3v) is 6.28. The zero-order valence-electron chi connectivity index (χ0n) is 19.4. The highest BCUT2D eigenvalue weighted by atomic mass is 127. The molecule has 0 spiro atoms. The van der Waals surface area contributed by atoms with Crippen molar-refractivity contribution in [1.29, 1.82) is 0 Å². The van der Waals surface area contributed by atoms with E-state index in [4.69, 9.17) is 14.2 Å². The normalized spacial score (nSPS) is 14.3. The molecule has 0 atom stereocenters. The minimum atomic E-state index is -0.472. The van der Waals surface area contributed by atoms with Gasteiger partial charge in [-0.2, -0.15) is 0 Å². The number of methoxy groups -OCH3 is 1. The van der Waals surface area contributed by atoms with Gasteiger partial charge in [0.2, 0.25) is 5.90 Å². The molecule has 0 N–H and O–H groups in total. The van der Waals surface area contributed by atoms with Gasteiger partial charge in [-0.3, -0.25) is 0 Å². The van der Waals surface area contributed by atoms with Crippen molar-refractivity contribution in [1.82, 2.24) is 0 Å². The summed E-state index contributed by atoms with van der Waals surface area (Å²) in [4.78, 5) is 16.9. The molecule has 0 unspecified atom stereocenters. The Morgan fingerprint density at radius 3 is 2.47 bits per heavy atom. The molecule has 0 saturated carbocycles. The summed E-state index contributed by atoms with van der Waals surface area (Å²) < 4.78 is 17.9. The van der Waals surface area contributed by atoms with Gasteiger partial charge in [-0.05, 0) is 75.5 Å². The molecular weight excluding hydrogens is 541 g/mol. The minimum absolute atomic E-state index is 0.249. The van der Waals surface area contributed by atoms with Crippen molar-refractivity contribution < 1.29 is 19.0 Å². The zero-order chi connectivity index (χ0) is 24.1. The average Bonchev–Trinajstić information content (AvgIpc) is 3.20. The molecule has 34 heavy (non-hydrogen) atoms. The van der Waals surface area contributed by atoms with Crippen LogP contribution in [0, 0.1) is 3.57 Å². The van der Waals surface area contributed by atoms with Crippen LogP contribution in [0.2, 0.25) is 0 Å². The predicted molar refractivity (Wildman–Crippen MR) is 142 cm³/mol. The maximum atomic E-state index is 12.5. The van der Waals surface area contributed by atoms with Crippen LogP contribution in [0.1, 0.15) is 42.0 Å². The molecule has 0 bridgehead atoms. The number of benzene rings is 3. The van der Waals surface area contributed by atoms with Crippen molar-refractivity contribution in [3.63, 3.8) is 0 Å². The highest BCUT2D eigenvalue weighted by molar-refractivity contribution is 14.1. The van der Waals surface area contributed by atoms with E-state index in [1.165, 1.54) is 11.1 Å². The Bertz CT molecular complexity index is 1230. The molecule has 4 rings (SSSR count). The number of hydrogen-bond donors (Lipinski definition) is 0. The summed E-state index contributed by atoms with van der Waals surface area (Å²) in [6, 6.07) is 21.9. The monoisotopic (exact) mass is 567 g/mol. The van der Waals surface area contributed by atoms with Gasteiger partial charge in [-0.1, -0.05) is 56.3 Å². The lowest BCUT2D eigenvalue weighted by atomic mass is 10.0. The molecule has 0 fully saturated rings. The Labute approximate surface area is 213 Å². The van der Waals surface area contributed by atoms with Crippen molar-refractivity contribution >= 4 is 40.5 Å². The van der Waals surface area contributed by atoms with E-state index >= 15 is 0 Å². The van der Waals surface area contributed by atoms with Crippen molar-refractivity contribution in [3.8, 4) is 11.5 Å². The number of halogens is 1. The van der Waals surface area contributed by atoms with Crippen LogP contribution in [-0.4, -0.2) is 25.6 Å². The Morgan fingerprint density at radius 2 is 1.79 bits per heavy atom. The van der Waals surface area contributed by atoms with E-state index in [9.17, 15) is 4.79 Å². The highest BCUT2D eigenvalue weighted by Gasteiger charge is 2.24. The van der Waals surface area contributed by atoms with Gasteiger partial charge >= 0.3 is 5.97 Å². The molecule has 0 aromatic heterocycles. The number of aliphatic imine (C=N–C) groups is 1. The summed E-state index contributed by atoms with van der Waals surface area (Å²) in [6.45, 7) is 4.81. The van der Waals surface area contributed by atoms with E-state index in [0.29, 0.717) is 29.9 Å². The van der Waals surface area contributed by atoms with Crippen LogP contribution >= 0.6 is 22.6 Å². The fourth-order valence-corrected chi connectivity index (χ4v) is 4.36. The van der Waals surface area contributed by atoms with Crippen LogP contribution in [-0.2, 0) is 16.0 Å². The molecule has 0 aliphatic carbocycles. The van der Waals surface area contributed by atoms with Gasteiger partial charge in [0.25, 0.3) is 0 Å². The van der Waals surface area contributed by atoms with Crippen LogP contribution in [0.5, 0.6) is 11.5 Å². The lowest BCUT2D eigenvalue weighted by Crippen LogP contribution is -2.05. The Balaban J connectivity index is 1.52. The van der Waals surface area contributed by atoms with Gasteiger partial charge in [0.15, 0.2) is 17.2 Å². The van der Waals surface area contributed by atoms with E-state index in [-0.39, 0.29) is 5.70 Å². The third kappa shape index (κ3) is 5.67. The Morgan fingerprint density at radius 1 is 1.06 bits per heavy atom. The van der Waals surface area contributed by atoms with Gasteiger partial charge in [0.05, 0.1) is 17.3 Å². The number of esters is 1. The van der Waals surface area contributed by atoms with E-state index in [2.05, 4.69) is 53.6 Å². The molecule has 3 aromatic carbocycles. The lowest BCUT2D eigenvalue weighted by Gasteiger charge is -2.13. The highest BCUT2D eigenvalue weighted by Crippen LogP contribution is 2.35. The summed E-state index contributed by atoms with van der Waals surface area (Å²) in [5.74, 6) is 1.56. The van der Waals surface area contributed by atoms with Gasteiger partial charge in [-0.25, -0.2) is 9.79 Å². The molecule has 0 saturated heterocycles. The first kappa shape index (κ1) is 24.0. The number of nitrogens with zero attached hydrogens (tertiary/aromatic N) is 1. The van der Waals surface area contributed by atoms with Crippen molar-refractivity contribution in [2.75, 3.05) is 13.7 Å². The zero-order valence-corrected chi connectivity index (χ0v) is 21.5. The maximum Gasteiger partial charge on any atom is 0.363 e. The molecule has 1 aliphatic rings. The van der Waals surface area contributed by atoms with Crippen LogP contribution in [0.4, 0.5) is 0 Å². The van der Waals surface area contributed by atoms with E-state index in [0.717, 1.165) is 21.1 Å². The number of carbonyl (C=O) groups is 1. The molecule has 5 nitrogen and oxygen atoms in total. The molecule has 6 heteroatoms. The quantitative estimate of drug-likeness (QED) is 0.180. The van der Waals surface area contributed by atoms with Gasteiger partial charge in [-0.15, -0.1) is 0 Å². The largest absolute Gasteiger partial charge is 0.493 e. The van der Waals surface area contributed by atoms with Crippen LogP contribution < -0.4 is 9.47 Å². The third-order valence-electron chi connectivity index (χ3n) is 5.48. The Kier molecular flexibility index (Phi) is 7.67. The van der Waals surface area contributed by atoms with Gasteiger partial charge in [0.1, 0.15) is 0 Å². The molecule has 0 radical (unpaired) electrons. The van der Waals surface area contributed by atoms with Crippen LogP contribution in [0.3, 0.4) is 0 Å². The van der Waals surface area contributed by atoms with E-state index in [1.54, 1.807) is 13.2 Å². The fourth-order valence-electron chi connectivity index (χ4n) is 3.58. The van der Waals surface area contributed by atoms with E-state index in [1.807, 2.05) is 54.6 Å². The molecule has 174 valence electrons. The topological polar surface area (TPSA) is 57.1 Å². The second kappa shape index (κ2) is 10.9. The van der Waals surface area contributed by atoms with Crippen molar-refractivity contribution in [3.05, 3.63) is 98.3 Å². The van der Waals surface area contributed by atoms with Crippen LogP contribution in [0.25, 0.3) is 6.08 Å². The van der Waals surface area contributed by atoms with Crippen molar-refractivity contribution in [2.45, 2.75) is 26.2 Å². The summed E-state index contributed by atoms with van der Waals surface area (Å²) in [5.41, 5.74) is 4.24. The summed E-state index contributed by atoms with van der Waals surface area (Å²) in [5, 5.41) is 0. The average molecular weight is 567 g/mol. The number of ether oxygens (including phenoxy) is 3. The van der Waals surface area contributed by atoms with Gasteiger partial charge in [0, 0.05) is 12.0 Å². The number of cyclic esters (lactones) is 1. The second-order valence-electron chi connectivity index (χ2n) is 8.23. The first-order valence-electron chi connectivity index (χ1n) is 11.1. The van der Waals surface area contributed by atoms with Gasteiger partial charge < -0.3 is 14.2 Å². The predicted octanol–water partition coefficient (Wildman–Crippen LogP) is 6.39. The number of carbonyl (C=O) groups excluding carboxylic acids is 1. The Hall–Kier alpha value is -3.13.